The lowest BCUT2D eigenvalue weighted by molar-refractivity contribution is -0.134. The molecule has 0 saturated carbocycles. The molecule has 0 spiro atoms. The van der Waals surface area contributed by atoms with Gasteiger partial charge in [0.15, 0.2) is 10.7 Å². The van der Waals surface area contributed by atoms with E-state index in [4.69, 9.17) is 4.74 Å². The maximum absolute atomic E-state index is 12.8. The highest BCUT2D eigenvalue weighted by Crippen LogP contribution is 2.32. The van der Waals surface area contributed by atoms with Crippen LogP contribution in [0.1, 0.15) is 40.3 Å². The normalized spacial score (nSPS) is 22.3. The number of thiazole rings is 1. The van der Waals surface area contributed by atoms with Crippen LogP contribution >= 0.6 is 11.3 Å². The Labute approximate surface area is 156 Å². The summed E-state index contributed by atoms with van der Waals surface area (Å²) in [5, 5.41) is 3.44. The number of hydrogen-bond acceptors (Lipinski definition) is 6. The summed E-state index contributed by atoms with van der Waals surface area (Å²) in [5.74, 6) is -0.791. The molecule has 136 valence electrons. The molecule has 6 nitrogen and oxygen atoms in total. The Morgan fingerprint density at radius 2 is 2.23 bits per heavy atom. The fourth-order valence-corrected chi connectivity index (χ4v) is 4.51. The van der Waals surface area contributed by atoms with E-state index in [0.717, 1.165) is 37.3 Å². The first kappa shape index (κ1) is 17.2. The quantitative estimate of drug-likeness (QED) is 0.840. The number of amides is 1. The van der Waals surface area contributed by atoms with Gasteiger partial charge in [0.1, 0.15) is 0 Å². The minimum absolute atomic E-state index is 0.334. The SMILES string of the molecule is CCN1CCc2nc(NC(=O)C3(C)Cc4ccccc4C(=O)O3)sc2C1. The molecule has 2 aliphatic heterocycles. The molecule has 0 aliphatic carbocycles. The minimum Gasteiger partial charge on any atom is -0.445 e. The molecule has 1 N–H and O–H groups in total. The number of cyclic esters (lactones) is 1. The molecule has 4 rings (SSSR count). The van der Waals surface area contributed by atoms with Crippen LogP contribution in [0.25, 0.3) is 0 Å². The number of anilines is 1. The Bertz CT molecular complexity index is 879. The smallest absolute Gasteiger partial charge is 0.339 e. The number of nitrogens with zero attached hydrogens (tertiary/aromatic N) is 2. The summed E-state index contributed by atoms with van der Waals surface area (Å²) in [5.41, 5.74) is 1.19. The maximum atomic E-state index is 12.8. The number of aromatic nitrogens is 1. The van der Waals surface area contributed by atoms with Crippen LogP contribution < -0.4 is 5.32 Å². The Morgan fingerprint density at radius 1 is 1.42 bits per heavy atom. The summed E-state index contributed by atoms with van der Waals surface area (Å²) in [6.07, 6.45) is 1.25. The predicted molar refractivity (Wildman–Crippen MR) is 99.4 cm³/mol. The zero-order valence-corrected chi connectivity index (χ0v) is 15.7. The number of carbonyl (C=O) groups excluding carboxylic acids is 2. The average molecular weight is 371 g/mol. The standard InChI is InChI=1S/C19H21N3O3S/c1-3-22-9-8-14-15(11-22)26-18(20-14)21-17(24)19(2)10-12-6-4-5-7-13(12)16(23)25-19/h4-7H,3,8-11H2,1-2H3,(H,20,21,24). The summed E-state index contributed by atoms with van der Waals surface area (Å²) >= 11 is 1.51. The molecular weight excluding hydrogens is 350 g/mol. The van der Waals surface area contributed by atoms with Crippen molar-refractivity contribution in [3.8, 4) is 0 Å². The molecule has 0 saturated heterocycles. The number of carbonyl (C=O) groups is 2. The van der Waals surface area contributed by atoms with Gasteiger partial charge in [0, 0.05) is 30.8 Å². The van der Waals surface area contributed by atoms with Crippen molar-refractivity contribution in [3.05, 3.63) is 46.0 Å². The van der Waals surface area contributed by atoms with Crippen LogP contribution in [-0.2, 0) is 28.9 Å². The highest BCUT2D eigenvalue weighted by Gasteiger charge is 2.43. The number of hydrogen-bond donors (Lipinski definition) is 1. The number of rotatable bonds is 3. The third kappa shape index (κ3) is 3.01. The summed E-state index contributed by atoms with van der Waals surface area (Å²) in [7, 11) is 0. The molecule has 2 aromatic rings. The fraction of sp³-hybridized carbons (Fsp3) is 0.421. The zero-order chi connectivity index (χ0) is 18.3. The van der Waals surface area contributed by atoms with Crippen LogP contribution in [0.5, 0.6) is 0 Å². The van der Waals surface area contributed by atoms with Crippen LogP contribution in [-0.4, -0.2) is 40.5 Å². The molecule has 7 heteroatoms. The Kier molecular flexibility index (Phi) is 4.28. The van der Waals surface area contributed by atoms with Crippen LogP contribution in [0.4, 0.5) is 5.13 Å². The van der Waals surface area contributed by atoms with E-state index >= 15 is 0 Å². The monoisotopic (exact) mass is 371 g/mol. The molecule has 1 aromatic heterocycles. The maximum Gasteiger partial charge on any atom is 0.339 e. The number of esters is 1. The predicted octanol–water partition coefficient (Wildman–Crippen LogP) is 2.63. The number of likely N-dealkylation sites (N-methyl/N-ethyl adjacent to an activating group) is 1. The van der Waals surface area contributed by atoms with E-state index in [-0.39, 0.29) is 5.91 Å². The molecule has 0 fully saturated rings. The van der Waals surface area contributed by atoms with Gasteiger partial charge in [0.2, 0.25) is 0 Å². The summed E-state index contributed by atoms with van der Waals surface area (Å²) in [6.45, 7) is 6.67. The second-order valence-electron chi connectivity index (χ2n) is 6.92. The first-order valence-corrected chi connectivity index (χ1v) is 9.64. The minimum atomic E-state index is -1.23. The van der Waals surface area contributed by atoms with Gasteiger partial charge in [-0.2, -0.15) is 0 Å². The van der Waals surface area contributed by atoms with Crippen molar-refractivity contribution in [2.45, 2.75) is 38.8 Å². The van der Waals surface area contributed by atoms with E-state index in [1.54, 1.807) is 19.1 Å². The topological polar surface area (TPSA) is 71.5 Å². The molecule has 1 aromatic carbocycles. The average Bonchev–Trinajstić information content (AvgIpc) is 3.02. The van der Waals surface area contributed by atoms with E-state index in [1.807, 2.05) is 12.1 Å². The van der Waals surface area contributed by atoms with Gasteiger partial charge in [-0.3, -0.25) is 15.0 Å². The van der Waals surface area contributed by atoms with Crippen LogP contribution in [0, 0.1) is 0 Å². The molecule has 0 radical (unpaired) electrons. The third-order valence-corrected chi connectivity index (χ3v) is 6.04. The zero-order valence-electron chi connectivity index (χ0n) is 14.9. The van der Waals surface area contributed by atoms with E-state index in [2.05, 4.69) is 22.1 Å². The first-order valence-electron chi connectivity index (χ1n) is 8.82. The van der Waals surface area contributed by atoms with E-state index in [0.29, 0.717) is 17.1 Å². The second-order valence-corrected chi connectivity index (χ2v) is 8.00. The van der Waals surface area contributed by atoms with Gasteiger partial charge in [-0.05, 0) is 25.1 Å². The Morgan fingerprint density at radius 3 is 3.04 bits per heavy atom. The van der Waals surface area contributed by atoms with Crippen LogP contribution in [0.3, 0.4) is 0 Å². The highest BCUT2D eigenvalue weighted by atomic mass is 32.1. The van der Waals surface area contributed by atoms with Crippen molar-refractivity contribution in [3.63, 3.8) is 0 Å². The van der Waals surface area contributed by atoms with Gasteiger partial charge in [0.25, 0.3) is 5.91 Å². The van der Waals surface area contributed by atoms with Crippen molar-refractivity contribution < 1.29 is 14.3 Å². The van der Waals surface area contributed by atoms with Crippen LogP contribution in [0.15, 0.2) is 24.3 Å². The summed E-state index contributed by atoms with van der Waals surface area (Å²) in [4.78, 5) is 33.2. The van der Waals surface area contributed by atoms with Gasteiger partial charge < -0.3 is 4.74 Å². The van der Waals surface area contributed by atoms with Crippen molar-refractivity contribution in [1.29, 1.82) is 0 Å². The van der Waals surface area contributed by atoms with E-state index in [1.165, 1.54) is 16.2 Å². The second kappa shape index (κ2) is 6.48. The molecule has 1 atom stereocenters. The van der Waals surface area contributed by atoms with Crippen molar-refractivity contribution >= 4 is 28.3 Å². The van der Waals surface area contributed by atoms with Crippen LogP contribution in [0.2, 0.25) is 0 Å². The Hall–Kier alpha value is -2.25. The van der Waals surface area contributed by atoms with Gasteiger partial charge in [-0.15, -0.1) is 11.3 Å². The van der Waals surface area contributed by atoms with Crippen molar-refractivity contribution in [2.75, 3.05) is 18.4 Å². The molecule has 0 bridgehead atoms. The first-order chi connectivity index (χ1) is 12.5. The third-order valence-electron chi connectivity index (χ3n) is 5.04. The fourth-order valence-electron chi connectivity index (χ4n) is 3.46. The molecule has 2 aliphatic rings. The van der Waals surface area contributed by atoms with Gasteiger partial charge in [-0.25, -0.2) is 9.78 Å². The number of benzene rings is 1. The van der Waals surface area contributed by atoms with Gasteiger partial charge >= 0.3 is 5.97 Å². The molecule has 1 unspecified atom stereocenters. The highest BCUT2D eigenvalue weighted by molar-refractivity contribution is 7.15. The number of fused-ring (bicyclic) bond motifs is 2. The number of ether oxygens (including phenoxy) is 1. The summed E-state index contributed by atoms with van der Waals surface area (Å²) < 4.78 is 5.49. The largest absolute Gasteiger partial charge is 0.445 e. The molecular formula is C19H21N3O3S. The van der Waals surface area contributed by atoms with E-state index < -0.39 is 11.6 Å². The molecule has 26 heavy (non-hydrogen) atoms. The Balaban J connectivity index is 1.52. The summed E-state index contributed by atoms with van der Waals surface area (Å²) in [6, 6.07) is 7.25. The molecule has 1 amide bonds. The van der Waals surface area contributed by atoms with Gasteiger partial charge in [-0.1, -0.05) is 25.1 Å². The number of nitrogens with one attached hydrogen (secondary N) is 1. The van der Waals surface area contributed by atoms with E-state index in [9.17, 15) is 9.59 Å². The van der Waals surface area contributed by atoms with Crippen molar-refractivity contribution in [2.24, 2.45) is 0 Å². The lowest BCUT2D eigenvalue weighted by Crippen LogP contribution is -2.48. The lowest BCUT2D eigenvalue weighted by Gasteiger charge is -2.32. The molecule has 3 heterocycles. The van der Waals surface area contributed by atoms with Crippen molar-refractivity contribution in [1.82, 2.24) is 9.88 Å². The van der Waals surface area contributed by atoms with Gasteiger partial charge in [0.05, 0.1) is 11.3 Å². The lowest BCUT2D eigenvalue weighted by atomic mass is 9.89.